The molecule has 100 valence electrons. The van der Waals surface area contributed by atoms with Gasteiger partial charge in [-0.3, -0.25) is 9.78 Å². The molecule has 1 heterocycles. The van der Waals surface area contributed by atoms with Gasteiger partial charge in [0.05, 0.1) is 18.2 Å². The van der Waals surface area contributed by atoms with Gasteiger partial charge in [0.15, 0.2) is 0 Å². The lowest BCUT2D eigenvalue weighted by Crippen LogP contribution is -2.37. The zero-order valence-corrected chi connectivity index (χ0v) is 9.90. The molecule has 1 amide bonds. The predicted octanol–water partition coefficient (Wildman–Crippen LogP) is 1.55. The van der Waals surface area contributed by atoms with E-state index in [4.69, 9.17) is 5.11 Å². The van der Waals surface area contributed by atoms with Gasteiger partial charge in [-0.2, -0.15) is 13.2 Å². The fourth-order valence-electron chi connectivity index (χ4n) is 1.19. The first-order valence-electron chi connectivity index (χ1n) is 5.18. The minimum atomic E-state index is -4.47. The molecular formula is C11H13F3N2O2. The first kappa shape index (κ1) is 14.4. The lowest BCUT2D eigenvalue weighted by atomic mass is 10.2. The van der Waals surface area contributed by atoms with Crippen LogP contribution >= 0.6 is 0 Å². The Labute approximate surface area is 102 Å². The summed E-state index contributed by atoms with van der Waals surface area (Å²) in [6.07, 6.45) is -3.86. The largest absolute Gasteiger partial charge is 0.417 e. The topological polar surface area (TPSA) is 53.4 Å². The molecule has 0 fully saturated rings. The van der Waals surface area contributed by atoms with Gasteiger partial charge in [0.2, 0.25) is 0 Å². The second-order valence-corrected chi connectivity index (χ2v) is 3.88. The molecule has 1 aromatic rings. The molecule has 4 nitrogen and oxygen atoms in total. The minimum absolute atomic E-state index is 0.0919. The van der Waals surface area contributed by atoms with E-state index in [1.54, 1.807) is 6.92 Å². The second kappa shape index (κ2) is 5.34. The van der Waals surface area contributed by atoms with Crippen molar-refractivity contribution in [3.05, 3.63) is 29.6 Å². The predicted molar refractivity (Wildman–Crippen MR) is 57.9 cm³/mol. The summed E-state index contributed by atoms with van der Waals surface area (Å²) in [5, 5.41) is 8.89. The first-order chi connectivity index (χ1) is 8.27. The summed E-state index contributed by atoms with van der Waals surface area (Å²) >= 11 is 0. The molecule has 1 atom stereocenters. The summed E-state index contributed by atoms with van der Waals surface area (Å²) in [6.45, 7) is 1.38. The molecular weight excluding hydrogens is 249 g/mol. The Bertz CT molecular complexity index is 417. The van der Waals surface area contributed by atoms with E-state index < -0.39 is 23.7 Å². The van der Waals surface area contributed by atoms with Crippen molar-refractivity contribution in [2.45, 2.75) is 19.1 Å². The number of aliphatic hydroxyl groups is 1. The number of hydrogen-bond acceptors (Lipinski definition) is 3. The molecule has 1 N–H and O–H groups in total. The Morgan fingerprint density at radius 2 is 2.11 bits per heavy atom. The van der Waals surface area contributed by atoms with Crippen molar-refractivity contribution in [2.75, 3.05) is 13.7 Å². The number of carbonyl (C=O) groups is 1. The minimum Gasteiger partial charge on any atom is -0.394 e. The van der Waals surface area contributed by atoms with Crippen molar-refractivity contribution < 1.29 is 23.1 Å². The standard InChI is InChI=1S/C11H13F3N2O2/c1-7(6-17)16(2)10(18)9-4-3-8(5-15-9)11(12,13)14/h3-5,7,17H,6H2,1-2H3. The molecule has 0 spiro atoms. The normalized spacial score (nSPS) is 13.2. The van der Waals surface area contributed by atoms with E-state index in [2.05, 4.69) is 4.98 Å². The molecule has 18 heavy (non-hydrogen) atoms. The van der Waals surface area contributed by atoms with E-state index in [0.29, 0.717) is 6.20 Å². The SMILES string of the molecule is CC(CO)N(C)C(=O)c1ccc(C(F)(F)F)cn1. The lowest BCUT2D eigenvalue weighted by Gasteiger charge is -2.22. The Morgan fingerprint density at radius 3 is 2.50 bits per heavy atom. The van der Waals surface area contributed by atoms with E-state index >= 15 is 0 Å². The van der Waals surface area contributed by atoms with Gasteiger partial charge in [0, 0.05) is 13.2 Å². The van der Waals surface area contributed by atoms with E-state index in [1.165, 1.54) is 11.9 Å². The highest BCUT2D eigenvalue weighted by Gasteiger charge is 2.31. The van der Waals surface area contributed by atoms with Crippen LogP contribution in [0.4, 0.5) is 13.2 Å². The van der Waals surface area contributed by atoms with Crippen LogP contribution in [0.2, 0.25) is 0 Å². The van der Waals surface area contributed by atoms with E-state index in [-0.39, 0.29) is 12.3 Å². The Balaban J connectivity index is 2.89. The van der Waals surface area contributed by atoms with Gasteiger partial charge in [-0.25, -0.2) is 0 Å². The number of pyridine rings is 1. The van der Waals surface area contributed by atoms with Crippen LogP contribution in [0.15, 0.2) is 18.3 Å². The van der Waals surface area contributed by atoms with Crippen LogP contribution in [-0.4, -0.2) is 40.6 Å². The summed E-state index contributed by atoms with van der Waals surface area (Å²) < 4.78 is 36.9. The van der Waals surface area contributed by atoms with Crippen LogP contribution in [-0.2, 0) is 6.18 Å². The summed E-state index contributed by atoms with van der Waals surface area (Å²) in [5.74, 6) is -0.537. The second-order valence-electron chi connectivity index (χ2n) is 3.88. The number of amides is 1. The van der Waals surface area contributed by atoms with Crippen LogP contribution in [0.25, 0.3) is 0 Å². The van der Waals surface area contributed by atoms with Gasteiger partial charge < -0.3 is 10.0 Å². The van der Waals surface area contributed by atoms with Gasteiger partial charge in [-0.05, 0) is 19.1 Å². The van der Waals surface area contributed by atoms with E-state index in [0.717, 1.165) is 12.1 Å². The van der Waals surface area contributed by atoms with Gasteiger partial charge in [-0.1, -0.05) is 0 Å². The highest BCUT2D eigenvalue weighted by atomic mass is 19.4. The first-order valence-corrected chi connectivity index (χ1v) is 5.18. The summed E-state index contributed by atoms with van der Waals surface area (Å²) in [5.41, 5.74) is -0.997. The van der Waals surface area contributed by atoms with Crippen LogP contribution in [0.5, 0.6) is 0 Å². The van der Waals surface area contributed by atoms with Crippen molar-refractivity contribution >= 4 is 5.91 Å². The number of rotatable bonds is 3. The quantitative estimate of drug-likeness (QED) is 0.899. The summed E-state index contributed by atoms with van der Waals surface area (Å²) in [6, 6.07) is 1.39. The number of aromatic nitrogens is 1. The third-order valence-corrected chi connectivity index (χ3v) is 2.56. The van der Waals surface area contributed by atoms with E-state index in [1.807, 2.05) is 0 Å². The molecule has 1 aromatic heterocycles. The van der Waals surface area contributed by atoms with Crippen LogP contribution in [0.1, 0.15) is 23.0 Å². The third-order valence-electron chi connectivity index (χ3n) is 2.56. The van der Waals surface area contributed by atoms with Gasteiger partial charge in [0.25, 0.3) is 5.91 Å². The number of likely N-dealkylation sites (N-methyl/N-ethyl adjacent to an activating group) is 1. The Hall–Kier alpha value is -1.63. The smallest absolute Gasteiger partial charge is 0.394 e. The van der Waals surface area contributed by atoms with Crippen molar-refractivity contribution in [1.82, 2.24) is 9.88 Å². The number of alkyl halides is 3. The molecule has 0 radical (unpaired) electrons. The number of aliphatic hydroxyl groups excluding tert-OH is 1. The lowest BCUT2D eigenvalue weighted by molar-refractivity contribution is -0.137. The molecule has 7 heteroatoms. The number of nitrogens with zero attached hydrogens (tertiary/aromatic N) is 2. The van der Waals surface area contributed by atoms with Crippen LogP contribution in [0, 0.1) is 0 Å². The maximum atomic E-state index is 12.3. The molecule has 0 saturated carbocycles. The molecule has 0 bridgehead atoms. The molecule has 0 aliphatic heterocycles. The average Bonchev–Trinajstić information content (AvgIpc) is 2.35. The third kappa shape index (κ3) is 3.19. The average molecular weight is 262 g/mol. The van der Waals surface area contributed by atoms with Crippen LogP contribution in [0.3, 0.4) is 0 Å². The number of hydrogen-bond donors (Lipinski definition) is 1. The zero-order valence-electron chi connectivity index (χ0n) is 9.90. The van der Waals surface area contributed by atoms with Gasteiger partial charge in [0.1, 0.15) is 5.69 Å². The van der Waals surface area contributed by atoms with Crippen molar-refractivity contribution in [3.8, 4) is 0 Å². The van der Waals surface area contributed by atoms with Crippen molar-refractivity contribution in [2.24, 2.45) is 0 Å². The highest BCUT2D eigenvalue weighted by Crippen LogP contribution is 2.28. The van der Waals surface area contributed by atoms with E-state index in [9.17, 15) is 18.0 Å². The maximum Gasteiger partial charge on any atom is 0.417 e. The van der Waals surface area contributed by atoms with Gasteiger partial charge >= 0.3 is 6.18 Å². The zero-order chi connectivity index (χ0) is 13.9. The molecule has 1 unspecified atom stereocenters. The maximum absolute atomic E-state index is 12.3. The fourth-order valence-corrected chi connectivity index (χ4v) is 1.19. The highest BCUT2D eigenvalue weighted by molar-refractivity contribution is 5.92. The monoisotopic (exact) mass is 262 g/mol. The van der Waals surface area contributed by atoms with Crippen molar-refractivity contribution in [3.63, 3.8) is 0 Å². The molecule has 0 aromatic carbocycles. The Kier molecular flexibility index (Phi) is 4.28. The summed E-state index contributed by atoms with van der Waals surface area (Å²) in [4.78, 5) is 16.5. The molecule has 1 rings (SSSR count). The molecule has 0 aliphatic carbocycles. The Morgan fingerprint density at radius 1 is 1.50 bits per heavy atom. The van der Waals surface area contributed by atoms with Crippen LogP contribution < -0.4 is 0 Å². The number of carbonyl (C=O) groups excluding carboxylic acids is 1. The fraction of sp³-hybridized carbons (Fsp3) is 0.455. The van der Waals surface area contributed by atoms with Crippen molar-refractivity contribution in [1.29, 1.82) is 0 Å². The number of halogens is 3. The molecule has 0 aliphatic rings. The molecule has 0 saturated heterocycles. The summed E-state index contributed by atoms with van der Waals surface area (Å²) in [7, 11) is 1.45. The van der Waals surface area contributed by atoms with Gasteiger partial charge in [-0.15, -0.1) is 0 Å².